The summed E-state index contributed by atoms with van der Waals surface area (Å²) >= 11 is 0. The van der Waals surface area contributed by atoms with Gasteiger partial charge >= 0.3 is 5.97 Å². The lowest BCUT2D eigenvalue weighted by atomic mass is 9.92. The Labute approximate surface area is 169 Å². The first-order valence-electron chi connectivity index (χ1n) is 9.05. The van der Waals surface area contributed by atoms with Crippen LogP contribution in [0.15, 0.2) is 29.8 Å². The van der Waals surface area contributed by atoms with Gasteiger partial charge in [0.1, 0.15) is 0 Å². The minimum Gasteiger partial charge on any atom is -0.504 e. The van der Waals surface area contributed by atoms with Gasteiger partial charge in [-0.2, -0.15) is 0 Å². The lowest BCUT2D eigenvalue weighted by molar-refractivity contribution is -0.130. The zero-order chi connectivity index (χ0) is 21.1. The van der Waals surface area contributed by atoms with Gasteiger partial charge in [0.15, 0.2) is 23.0 Å². The van der Waals surface area contributed by atoms with Crippen LogP contribution in [-0.2, 0) is 11.2 Å². The Morgan fingerprint density at radius 1 is 0.966 bits per heavy atom. The van der Waals surface area contributed by atoms with E-state index in [1.54, 1.807) is 30.3 Å². The molecule has 0 aliphatic carbocycles. The molecule has 0 saturated heterocycles. The zero-order valence-electron chi connectivity index (χ0n) is 17.1. The van der Waals surface area contributed by atoms with Gasteiger partial charge in [-0.15, -0.1) is 0 Å². The molecule has 1 unspecified atom stereocenters. The van der Waals surface area contributed by atoms with E-state index in [0.717, 1.165) is 5.56 Å². The number of fused-ring (bicyclic) bond motifs is 6. The number of phenolic OH excluding ortho intramolecular Hbond substituents is 1. The van der Waals surface area contributed by atoms with E-state index in [2.05, 4.69) is 0 Å². The first-order valence-corrected chi connectivity index (χ1v) is 9.05. The van der Waals surface area contributed by atoms with Crippen molar-refractivity contribution in [3.8, 4) is 34.5 Å². The molecule has 7 heteroatoms. The molecule has 2 bridgehead atoms. The molecule has 2 aliphatic rings. The van der Waals surface area contributed by atoms with Gasteiger partial charge in [-0.3, -0.25) is 0 Å². The van der Waals surface area contributed by atoms with E-state index >= 15 is 0 Å². The maximum absolute atomic E-state index is 12.9. The molecule has 0 radical (unpaired) electrons. The van der Waals surface area contributed by atoms with Gasteiger partial charge in [0, 0.05) is 5.57 Å². The normalized spacial score (nSPS) is 17.2. The van der Waals surface area contributed by atoms with Crippen LogP contribution in [-0.4, -0.2) is 39.5 Å². The Bertz CT molecular complexity index is 937. The summed E-state index contributed by atoms with van der Waals surface area (Å²) in [7, 11) is 6.05. The number of carbonyl (C=O) groups is 1. The van der Waals surface area contributed by atoms with Crippen molar-refractivity contribution in [1.29, 1.82) is 0 Å². The van der Waals surface area contributed by atoms with Gasteiger partial charge < -0.3 is 28.8 Å². The van der Waals surface area contributed by atoms with Gasteiger partial charge in [0.2, 0.25) is 11.5 Å². The van der Waals surface area contributed by atoms with Crippen molar-refractivity contribution in [2.45, 2.75) is 13.3 Å². The third-order valence-corrected chi connectivity index (χ3v) is 4.83. The second-order valence-corrected chi connectivity index (χ2v) is 6.70. The average molecular weight is 400 g/mol. The first kappa shape index (κ1) is 20.4. The molecule has 2 aromatic rings. The number of carbonyl (C=O) groups excluding carboxylic acids is 1. The lowest BCUT2D eigenvalue weighted by Gasteiger charge is -2.15. The third kappa shape index (κ3) is 3.94. The van der Waals surface area contributed by atoms with Crippen LogP contribution in [0.25, 0.3) is 6.08 Å². The molecule has 0 aromatic heterocycles. The Hall–Kier alpha value is -3.35. The Balaban J connectivity index is 2.09. The summed E-state index contributed by atoms with van der Waals surface area (Å²) in [5.74, 6) is 0.882. The number of hydrogen-bond acceptors (Lipinski definition) is 7. The van der Waals surface area contributed by atoms with Gasteiger partial charge in [0.25, 0.3) is 0 Å². The Morgan fingerprint density at radius 2 is 1.59 bits per heavy atom. The summed E-state index contributed by atoms with van der Waals surface area (Å²) < 4.78 is 26.9. The smallest absolute Gasteiger partial charge is 0.339 e. The maximum atomic E-state index is 12.9. The van der Waals surface area contributed by atoms with Crippen LogP contribution in [0, 0.1) is 5.92 Å². The molecule has 29 heavy (non-hydrogen) atoms. The standard InChI is InChI=1S/C22H24O7/c1-12-6-13-8-16(23)20(17(9-13)25-2)29-22(24)15(12)7-14-10-18(26-3)21(28-5)19(11-14)27-4/h7-12,23H,6H2,1-5H3/b15-7+. The third-order valence-electron chi connectivity index (χ3n) is 4.83. The van der Waals surface area contributed by atoms with Crippen LogP contribution >= 0.6 is 0 Å². The number of benzene rings is 2. The second kappa shape index (κ2) is 8.34. The van der Waals surface area contributed by atoms with Crippen LogP contribution in [0.4, 0.5) is 0 Å². The summed E-state index contributed by atoms with van der Waals surface area (Å²) in [4.78, 5) is 12.9. The van der Waals surface area contributed by atoms with Crippen molar-refractivity contribution in [2.75, 3.05) is 28.4 Å². The molecule has 7 nitrogen and oxygen atoms in total. The molecule has 2 heterocycles. The van der Waals surface area contributed by atoms with Crippen molar-refractivity contribution in [2.24, 2.45) is 5.92 Å². The van der Waals surface area contributed by atoms with E-state index in [0.29, 0.717) is 40.6 Å². The summed E-state index contributed by atoms with van der Waals surface area (Å²) in [6.45, 7) is 1.92. The number of phenols is 1. The number of ether oxygens (including phenoxy) is 5. The van der Waals surface area contributed by atoms with E-state index < -0.39 is 5.97 Å². The molecule has 154 valence electrons. The molecule has 1 atom stereocenters. The fourth-order valence-corrected chi connectivity index (χ4v) is 3.40. The molecule has 0 amide bonds. The summed E-state index contributed by atoms with van der Waals surface area (Å²) in [5, 5.41) is 10.2. The summed E-state index contributed by atoms with van der Waals surface area (Å²) in [5.41, 5.74) is 1.98. The highest BCUT2D eigenvalue weighted by Gasteiger charge is 2.27. The minimum absolute atomic E-state index is 0.00569. The van der Waals surface area contributed by atoms with E-state index in [9.17, 15) is 9.90 Å². The predicted molar refractivity (Wildman–Crippen MR) is 107 cm³/mol. The van der Waals surface area contributed by atoms with Crippen LogP contribution in [0.2, 0.25) is 0 Å². The Morgan fingerprint density at radius 3 is 2.14 bits per heavy atom. The molecular weight excluding hydrogens is 376 g/mol. The van der Waals surface area contributed by atoms with Crippen molar-refractivity contribution >= 4 is 12.0 Å². The number of methoxy groups -OCH3 is 4. The molecule has 4 rings (SSSR count). The molecule has 0 saturated carbocycles. The fraction of sp³-hybridized carbons (Fsp3) is 0.318. The van der Waals surface area contributed by atoms with E-state index in [1.807, 2.05) is 6.92 Å². The van der Waals surface area contributed by atoms with Crippen molar-refractivity contribution < 1.29 is 33.6 Å². The van der Waals surface area contributed by atoms with Crippen LogP contribution in [0.5, 0.6) is 34.5 Å². The quantitative estimate of drug-likeness (QED) is 0.466. The topological polar surface area (TPSA) is 83.5 Å². The highest BCUT2D eigenvalue weighted by Crippen LogP contribution is 2.42. The number of aromatic hydroxyl groups is 1. The second-order valence-electron chi connectivity index (χ2n) is 6.70. The van der Waals surface area contributed by atoms with Crippen LogP contribution in [0.1, 0.15) is 18.1 Å². The monoisotopic (exact) mass is 400 g/mol. The highest BCUT2D eigenvalue weighted by atomic mass is 16.6. The van der Waals surface area contributed by atoms with Gasteiger partial charge in [-0.1, -0.05) is 6.92 Å². The number of esters is 1. The molecule has 0 spiro atoms. The average Bonchev–Trinajstić information content (AvgIpc) is 2.78. The summed E-state index contributed by atoms with van der Waals surface area (Å²) in [6.07, 6.45) is 2.25. The molecule has 2 aliphatic heterocycles. The van der Waals surface area contributed by atoms with Crippen LogP contribution in [0.3, 0.4) is 0 Å². The van der Waals surface area contributed by atoms with Crippen LogP contribution < -0.4 is 23.7 Å². The molecular formula is C22H24O7. The number of rotatable bonds is 5. The van der Waals surface area contributed by atoms with Crippen molar-refractivity contribution in [3.05, 3.63) is 41.0 Å². The molecule has 1 N–H and O–H groups in total. The first-order chi connectivity index (χ1) is 13.9. The molecule has 0 fully saturated rings. The highest BCUT2D eigenvalue weighted by molar-refractivity contribution is 5.96. The zero-order valence-corrected chi connectivity index (χ0v) is 17.1. The predicted octanol–water partition coefficient (Wildman–Crippen LogP) is 3.61. The fourth-order valence-electron chi connectivity index (χ4n) is 3.40. The molecule has 2 aromatic carbocycles. The SMILES string of the molecule is COc1cc2cc(O)c1OC(=O)/C(=C/c1cc(OC)c(OC)c(OC)c1)C(C)C2. The minimum atomic E-state index is -0.563. The Kier molecular flexibility index (Phi) is 5.87. The van der Waals surface area contributed by atoms with Crippen molar-refractivity contribution in [3.63, 3.8) is 0 Å². The van der Waals surface area contributed by atoms with Gasteiger partial charge in [-0.05, 0) is 53.8 Å². The lowest BCUT2D eigenvalue weighted by Crippen LogP contribution is -2.17. The van der Waals surface area contributed by atoms with Gasteiger partial charge in [-0.25, -0.2) is 4.79 Å². The largest absolute Gasteiger partial charge is 0.504 e. The maximum Gasteiger partial charge on any atom is 0.339 e. The van der Waals surface area contributed by atoms with Crippen molar-refractivity contribution in [1.82, 2.24) is 0 Å². The number of hydrogen-bond donors (Lipinski definition) is 1. The van der Waals surface area contributed by atoms with E-state index in [4.69, 9.17) is 23.7 Å². The van der Waals surface area contributed by atoms with E-state index in [1.165, 1.54) is 28.4 Å². The van der Waals surface area contributed by atoms with Gasteiger partial charge in [0.05, 0.1) is 28.4 Å². The summed E-state index contributed by atoms with van der Waals surface area (Å²) in [6, 6.07) is 6.86. The van der Waals surface area contributed by atoms with E-state index in [-0.39, 0.29) is 17.4 Å².